The second-order valence-corrected chi connectivity index (χ2v) is 4.46. The van der Waals surface area contributed by atoms with E-state index in [0.717, 1.165) is 15.7 Å². The topological polar surface area (TPSA) is 45.0 Å². The second-order valence-electron chi connectivity index (χ2n) is 3.61. The highest BCUT2D eigenvalue weighted by molar-refractivity contribution is 9.10. The number of nitrogens with zero attached hydrogens (tertiary/aromatic N) is 1. The zero-order valence-corrected chi connectivity index (χ0v) is 11.0. The summed E-state index contributed by atoms with van der Waals surface area (Å²) in [5.41, 5.74) is 2.09. The largest absolute Gasteiger partial charge is 0.383 e. The standard InChI is InChI=1S/C12H15BrN2O/c1-9(6-14)7-15-12-5-3-4-11(13)10(12)8-16-2/h3-5,9,15H,7-8H2,1-2H3. The molecule has 0 aliphatic heterocycles. The first-order valence-corrected chi connectivity index (χ1v) is 5.88. The van der Waals surface area contributed by atoms with Gasteiger partial charge >= 0.3 is 0 Å². The summed E-state index contributed by atoms with van der Waals surface area (Å²) in [6, 6.07) is 8.13. The SMILES string of the molecule is COCc1c(Br)cccc1NCC(C)C#N. The van der Waals surface area contributed by atoms with E-state index in [1.54, 1.807) is 7.11 Å². The lowest BCUT2D eigenvalue weighted by Crippen LogP contribution is -2.11. The average molecular weight is 283 g/mol. The van der Waals surface area contributed by atoms with Gasteiger partial charge in [0.05, 0.1) is 18.6 Å². The summed E-state index contributed by atoms with van der Waals surface area (Å²) in [5.74, 6) is -0.00521. The molecule has 1 atom stereocenters. The van der Waals surface area contributed by atoms with Crippen LogP contribution in [0.15, 0.2) is 22.7 Å². The lowest BCUT2D eigenvalue weighted by atomic mass is 10.1. The smallest absolute Gasteiger partial charge is 0.0744 e. The molecule has 0 heterocycles. The summed E-state index contributed by atoms with van der Waals surface area (Å²) in [4.78, 5) is 0. The van der Waals surface area contributed by atoms with Crippen molar-refractivity contribution < 1.29 is 4.74 Å². The maximum Gasteiger partial charge on any atom is 0.0744 e. The number of ether oxygens (including phenoxy) is 1. The fourth-order valence-electron chi connectivity index (χ4n) is 1.32. The summed E-state index contributed by atoms with van der Waals surface area (Å²) >= 11 is 3.49. The molecule has 0 saturated heterocycles. The van der Waals surface area contributed by atoms with Gasteiger partial charge in [-0.25, -0.2) is 0 Å². The Bertz CT molecular complexity index is 387. The van der Waals surface area contributed by atoms with Gasteiger partial charge in [0.25, 0.3) is 0 Å². The Morgan fingerprint density at radius 1 is 1.56 bits per heavy atom. The van der Waals surface area contributed by atoms with Gasteiger partial charge in [-0.15, -0.1) is 0 Å². The van der Waals surface area contributed by atoms with Gasteiger partial charge in [0.15, 0.2) is 0 Å². The van der Waals surface area contributed by atoms with Crippen LogP contribution in [0.3, 0.4) is 0 Å². The van der Waals surface area contributed by atoms with Gasteiger partial charge in [-0.2, -0.15) is 5.26 Å². The van der Waals surface area contributed by atoms with Gasteiger partial charge in [-0.05, 0) is 19.1 Å². The number of hydrogen-bond acceptors (Lipinski definition) is 3. The van der Waals surface area contributed by atoms with E-state index in [2.05, 4.69) is 27.3 Å². The number of nitriles is 1. The highest BCUT2D eigenvalue weighted by Gasteiger charge is 2.07. The van der Waals surface area contributed by atoms with Crippen LogP contribution in [0.2, 0.25) is 0 Å². The van der Waals surface area contributed by atoms with Gasteiger partial charge in [-0.1, -0.05) is 22.0 Å². The van der Waals surface area contributed by atoms with Crippen LogP contribution in [0, 0.1) is 17.2 Å². The van der Waals surface area contributed by atoms with Crippen LogP contribution in [0.1, 0.15) is 12.5 Å². The Labute approximate surface area is 105 Å². The minimum absolute atomic E-state index is 0.00521. The third kappa shape index (κ3) is 3.51. The number of benzene rings is 1. The highest BCUT2D eigenvalue weighted by Crippen LogP contribution is 2.25. The van der Waals surface area contributed by atoms with Crippen molar-refractivity contribution in [2.75, 3.05) is 19.0 Å². The van der Waals surface area contributed by atoms with Crippen molar-refractivity contribution in [3.8, 4) is 6.07 Å². The summed E-state index contributed by atoms with van der Waals surface area (Å²) < 4.78 is 6.17. The minimum Gasteiger partial charge on any atom is -0.383 e. The van der Waals surface area contributed by atoms with Crippen LogP contribution in [0.25, 0.3) is 0 Å². The monoisotopic (exact) mass is 282 g/mol. The molecule has 1 unspecified atom stereocenters. The van der Waals surface area contributed by atoms with Gasteiger partial charge in [0.2, 0.25) is 0 Å². The molecule has 0 aliphatic rings. The van der Waals surface area contributed by atoms with E-state index in [1.165, 1.54) is 0 Å². The lowest BCUT2D eigenvalue weighted by molar-refractivity contribution is 0.185. The first-order valence-electron chi connectivity index (χ1n) is 5.08. The van der Waals surface area contributed by atoms with E-state index in [-0.39, 0.29) is 5.92 Å². The molecule has 1 rings (SSSR count). The van der Waals surface area contributed by atoms with Crippen LogP contribution >= 0.6 is 15.9 Å². The maximum atomic E-state index is 8.72. The van der Waals surface area contributed by atoms with Crippen LogP contribution in [0.5, 0.6) is 0 Å². The van der Waals surface area contributed by atoms with Crippen LogP contribution in [0.4, 0.5) is 5.69 Å². The molecule has 3 nitrogen and oxygen atoms in total. The highest BCUT2D eigenvalue weighted by atomic mass is 79.9. The van der Waals surface area contributed by atoms with Crippen molar-refractivity contribution in [3.63, 3.8) is 0 Å². The van der Waals surface area contributed by atoms with Gasteiger partial charge in [-0.3, -0.25) is 0 Å². The molecule has 86 valence electrons. The summed E-state index contributed by atoms with van der Waals surface area (Å²) in [5, 5.41) is 12.0. The molecule has 0 radical (unpaired) electrons. The van der Waals surface area contributed by atoms with E-state index >= 15 is 0 Å². The summed E-state index contributed by atoms with van der Waals surface area (Å²) in [7, 11) is 1.67. The molecule has 0 amide bonds. The van der Waals surface area contributed by atoms with Crippen LogP contribution in [-0.2, 0) is 11.3 Å². The van der Waals surface area contributed by atoms with Crippen molar-refractivity contribution in [3.05, 3.63) is 28.2 Å². The van der Waals surface area contributed by atoms with E-state index in [0.29, 0.717) is 13.2 Å². The Kier molecular flexibility index (Phi) is 5.30. The first kappa shape index (κ1) is 13.0. The molecular weight excluding hydrogens is 268 g/mol. The molecule has 16 heavy (non-hydrogen) atoms. The van der Waals surface area contributed by atoms with Crippen molar-refractivity contribution >= 4 is 21.6 Å². The molecule has 1 N–H and O–H groups in total. The Morgan fingerprint density at radius 2 is 2.31 bits per heavy atom. The Morgan fingerprint density at radius 3 is 2.94 bits per heavy atom. The summed E-state index contributed by atoms with van der Waals surface area (Å²) in [6.07, 6.45) is 0. The van der Waals surface area contributed by atoms with Gasteiger partial charge in [0.1, 0.15) is 0 Å². The molecule has 0 saturated carbocycles. The number of methoxy groups -OCH3 is 1. The molecule has 0 spiro atoms. The fraction of sp³-hybridized carbons (Fsp3) is 0.417. The van der Waals surface area contributed by atoms with E-state index in [9.17, 15) is 0 Å². The van der Waals surface area contributed by atoms with Gasteiger partial charge in [0, 0.05) is 29.4 Å². The molecular formula is C12H15BrN2O. The average Bonchev–Trinajstić information content (AvgIpc) is 2.29. The fourth-order valence-corrected chi connectivity index (χ4v) is 1.80. The third-order valence-corrected chi connectivity index (χ3v) is 2.97. The number of rotatable bonds is 5. The Hall–Kier alpha value is -1.05. The van der Waals surface area contributed by atoms with Crippen LogP contribution < -0.4 is 5.32 Å². The second kappa shape index (κ2) is 6.51. The van der Waals surface area contributed by atoms with E-state index in [4.69, 9.17) is 10.00 Å². The quantitative estimate of drug-likeness (QED) is 0.902. The number of anilines is 1. The molecule has 0 aliphatic carbocycles. The molecule has 4 heteroatoms. The molecule has 1 aromatic rings. The zero-order chi connectivity index (χ0) is 12.0. The number of halogens is 1. The third-order valence-electron chi connectivity index (χ3n) is 2.23. The predicted molar refractivity (Wildman–Crippen MR) is 68.1 cm³/mol. The molecule has 0 fully saturated rings. The van der Waals surface area contributed by atoms with Crippen molar-refractivity contribution in [2.24, 2.45) is 5.92 Å². The van der Waals surface area contributed by atoms with E-state index < -0.39 is 0 Å². The van der Waals surface area contributed by atoms with Crippen molar-refractivity contribution in [1.82, 2.24) is 0 Å². The zero-order valence-electron chi connectivity index (χ0n) is 9.46. The molecule has 0 bridgehead atoms. The van der Waals surface area contributed by atoms with Gasteiger partial charge < -0.3 is 10.1 Å². The van der Waals surface area contributed by atoms with E-state index in [1.807, 2.05) is 25.1 Å². The summed E-state index contributed by atoms with van der Waals surface area (Å²) in [6.45, 7) is 3.08. The van der Waals surface area contributed by atoms with Crippen LogP contribution in [-0.4, -0.2) is 13.7 Å². The maximum absolute atomic E-state index is 8.72. The first-order chi connectivity index (χ1) is 7.69. The predicted octanol–water partition coefficient (Wildman–Crippen LogP) is 3.17. The lowest BCUT2D eigenvalue weighted by Gasteiger charge is -2.13. The minimum atomic E-state index is -0.00521. The van der Waals surface area contributed by atoms with Crippen molar-refractivity contribution in [2.45, 2.75) is 13.5 Å². The number of nitrogens with one attached hydrogen (secondary N) is 1. The number of hydrogen-bond donors (Lipinski definition) is 1. The molecule has 0 aromatic heterocycles. The Balaban J connectivity index is 2.79. The molecule has 1 aromatic carbocycles. The van der Waals surface area contributed by atoms with Crippen molar-refractivity contribution in [1.29, 1.82) is 5.26 Å². The normalized spacial score (nSPS) is 11.9.